The van der Waals surface area contributed by atoms with Crippen molar-refractivity contribution in [2.45, 2.75) is 6.92 Å². The average molecular weight is 328 g/mol. The predicted octanol–water partition coefficient (Wildman–Crippen LogP) is 2.50. The average Bonchev–Trinajstić information content (AvgIpc) is 2.34. The normalized spacial score (nSPS) is 10.3. The van der Waals surface area contributed by atoms with E-state index in [-0.39, 0.29) is 23.6 Å². The van der Waals surface area contributed by atoms with Crippen molar-refractivity contribution in [1.29, 1.82) is 0 Å². The maximum absolute atomic E-state index is 13.7. The molecule has 2 rings (SSSR count). The molecule has 0 bridgehead atoms. The molecule has 0 aliphatic heterocycles. The van der Waals surface area contributed by atoms with E-state index < -0.39 is 5.82 Å². The summed E-state index contributed by atoms with van der Waals surface area (Å²) in [5.74, 6) is -0.332. The second-order valence-electron chi connectivity index (χ2n) is 3.45. The van der Waals surface area contributed by atoms with Crippen molar-refractivity contribution in [2.75, 3.05) is 17.7 Å². The number of rotatable bonds is 4. The molecule has 0 atom stereocenters. The van der Waals surface area contributed by atoms with E-state index in [1.807, 2.05) is 0 Å². The Morgan fingerprint density at radius 1 is 1.37 bits per heavy atom. The first-order valence-electron chi connectivity index (χ1n) is 5.45. The fourth-order valence-electron chi connectivity index (χ4n) is 1.35. The zero-order valence-corrected chi connectivity index (χ0v) is 11.6. The topological polar surface area (TPSA) is 86.0 Å². The van der Waals surface area contributed by atoms with Gasteiger partial charge in [0.25, 0.3) is 0 Å². The number of benzene rings is 1. The van der Waals surface area contributed by atoms with Crippen molar-refractivity contribution < 1.29 is 9.13 Å². The molecule has 1 aromatic carbocycles. The van der Waals surface area contributed by atoms with Gasteiger partial charge in [0.2, 0.25) is 11.9 Å². The van der Waals surface area contributed by atoms with Gasteiger partial charge >= 0.3 is 6.01 Å². The minimum absolute atomic E-state index is 0.00610. The summed E-state index contributed by atoms with van der Waals surface area (Å²) >= 11 is 3.24. The lowest BCUT2D eigenvalue weighted by Gasteiger charge is -2.09. The first kappa shape index (κ1) is 13.5. The Kier molecular flexibility index (Phi) is 4.10. The summed E-state index contributed by atoms with van der Waals surface area (Å²) in [4.78, 5) is 11.6. The Hall–Kier alpha value is -1.96. The molecule has 0 saturated carbocycles. The van der Waals surface area contributed by atoms with Crippen LogP contribution in [0.2, 0.25) is 0 Å². The molecule has 0 saturated heterocycles. The molecular formula is C11H11BrFN5O. The van der Waals surface area contributed by atoms with E-state index in [2.05, 4.69) is 36.2 Å². The molecule has 2 aromatic rings. The van der Waals surface area contributed by atoms with E-state index in [4.69, 9.17) is 10.5 Å². The highest BCUT2D eigenvalue weighted by atomic mass is 79.9. The van der Waals surface area contributed by atoms with Gasteiger partial charge in [0, 0.05) is 4.47 Å². The monoisotopic (exact) mass is 327 g/mol. The van der Waals surface area contributed by atoms with Crippen LogP contribution in [0.1, 0.15) is 6.92 Å². The summed E-state index contributed by atoms with van der Waals surface area (Å²) in [5.41, 5.74) is 5.75. The van der Waals surface area contributed by atoms with Gasteiger partial charge in [0.1, 0.15) is 5.82 Å². The molecule has 6 nitrogen and oxygen atoms in total. The third kappa shape index (κ3) is 3.28. The highest BCUT2D eigenvalue weighted by Crippen LogP contribution is 2.27. The van der Waals surface area contributed by atoms with Gasteiger partial charge in [-0.25, -0.2) is 4.39 Å². The van der Waals surface area contributed by atoms with Crippen molar-refractivity contribution in [3.8, 4) is 6.01 Å². The van der Waals surface area contributed by atoms with E-state index in [0.29, 0.717) is 11.1 Å². The van der Waals surface area contributed by atoms with Crippen molar-refractivity contribution in [3.63, 3.8) is 0 Å². The van der Waals surface area contributed by atoms with Crippen LogP contribution in [0.5, 0.6) is 6.01 Å². The van der Waals surface area contributed by atoms with Crippen LogP contribution in [-0.2, 0) is 0 Å². The molecule has 0 aliphatic carbocycles. The van der Waals surface area contributed by atoms with Gasteiger partial charge in [-0.1, -0.05) is 6.07 Å². The largest absolute Gasteiger partial charge is 0.464 e. The summed E-state index contributed by atoms with van der Waals surface area (Å²) in [6, 6.07) is 4.68. The third-order valence-electron chi connectivity index (χ3n) is 2.11. The van der Waals surface area contributed by atoms with Crippen LogP contribution < -0.4 is 15.8 Å². The lowest BCUT2D eigenvalue weighted by Crippen LogP contribution is -2.07. The first-order chi connectivity index (χ1) is 9.10. The van der Waals surface area contributed by atoms with E-state index >= 15 is 0 Å². The van der Waals surface area contributed by atoms with Gasteiger partial charge in [0.05, 0.1) is 12.3 Å². The Labute approximate surface area is 117 Å². The summed E-state index contributed by atoms with van der Waals surface area (Å²) in [5, 5.41) is 2.74. The standard InChI is InChI=1S/C11H11BrFN5O/c1-2-19-11-17-9(14)16-10(18-11)15-8-6(12)4-3-5-7(8)13/h3-5H,2H2,1H3,(H3,14,15,16,17,18). The quantitative estimate of drug-likeness (QED) is 0.897. The lowest BCUT2D eigenvalue weighted by atomic mass is 10.3. The number of para-hydroxylation sites is 1. The molecule has 0 unspecified atom stereocenters. The van der Waals surface area contributed by atoms with Gasteiger partial charge in [-0.3, -0.25) is 0 Å². The number of hydrogen-bond donors (Lipinski definition) is 2. The van der Waals surface area contributed by atoms with Crippen LogP contribution in [0.4, 0.5) is 22.0 Å². The summed E-state index contributed by atoms with van der Waals surface area (Å²) in [6.07, 6.45) is 0. The minimum Gasteiger partial charge on any atom is -0.464 e. The number of aromatic nitrogens is 3. The molecule has 0 fully saturated rings. The summed E-state index contributed by atoms with van der Waals surface area (Å²) < 4.78 is 19.3. The fraction of sp³-hybridized carbons (Fsp3) is 0.182. The lowest BCUT2D eigenvalue weighted by molar-refractivity contribution is 0.312. The minimum atomic E-state index is -0.439. The smallest absolute Gasteiger partial charge is 0.323 e. The molecule has 0 amide bonds. The zero-order valence-electron chi connectivity index (χ0n) is 10.0. The molecule has 0 radical (unpaired) electrons. The molecule has 0 spiro atoms. The van der Waals surface area contributed by atoms with Gasteiger partial charge in [-0.05, 0) is 35.0 Å². The van der Waals surface area contributed by atoms with Crippen LogP contribution in [0.3, 0.4) is 0 Å². The number of ether oxygens (including phenoxy) is 1. The van der Waals surface area contributed by atoms with Gasteiger partial charge < -0.3 is 15.8 Å². The molecule has 0 aliphatic rings. The second-order valence-corrected chi connectivity index (χ2v) is 4.31. The Morgan fingerprint density at radius 3 is 2.84 bits per heavy atom. The van der Waals surface area contributed by atoms with Gasteiger partial charge in [-0.15, -0.1) is 0 Å². The van der Waals surface area contributed by atoms with E-state index in [0.717, 1.165) is 0 Å². The molecular weight excluding hydrogens is 317 g/mol. The number of nitrogens with two attached hydrogens (primary N) is 1. The van der Waals surface area contributed by atoms with Gasteiger partial charge in [-0.2, -0.15) is 15.0 Å². The number of halogens is 2. The molecule has 100 valence electrons. The van der Waals surface area contributed by atoms with Crippen LogP contribution in [0, 0.1) is 5.82 Å². The zero-order chi connectivity index (χ0) is 13.8. The Bertz CT molecular complexity index is 575. The number of nitrogens with zero attached hydrogens (tertiary/aromatic N) is 3. The Balaban J connectivity index is 2.33. The number of anilines is 3. The van der Waals surface area contributed by atoms with E-state index in [1.165, 1.54) is 6.07 Å². The molecule has 8 heteroatoms. The first-order valence-corrected chi connectivity index (χ1v) is 6.25. The Morgan fingerprint density at radius 2 is 2.16 bits per heavy atom. The highest BCUT2D eigenvalue weighted by Gasteiger charge is 2.10. The summed E-state index contributed by atoms with van der Waals surface area (Å²) in [6.45, 7) is 2.19. The molecule has 3 N–H and O–H groups in total. The second kappa shape index (κ2) is 5.79. The van der Waals surface area contributed by atoms with Crippen LogP contribution in [0.15, 0.2) is 22.7 Å². The number of nitrogens with one attached hydrogen (secondary N) is 1. The maximum atomic E-state index is 13.7. The summed E-state index contributed by atoms with van der Waals surface area (Å²) in [7, 11) is 0. The van der Waals surface area contributed by atoms with Crippen molar-refractivity contribution in [2.24, 2.45) is 0 Å². The molecule has 19 heavy (non-hydrogen) atoms. The van der Waals surface area contributed by atoms with Crippen LogP contribution in [-0.4, -0.2) is 21.6 Å². The molecule has 1 aromatic heterocycles. The maximum Gasteiger partial charge on any atom is 0.323 e. The fourth-order valence-corrected chi connectivity index (χ4v) is 1.79. The molecule has 1 heterocycles. The SMILES string of the molecule is CCOc1nc(N)nc(Nc2c(F)cccc2Br)n1. The van der Waals surface area contributed by atoms with Crippen molar-refractivity contribution in [1.82, 2.24) is 15.0 Å². The van der Waals surface area contributed by atoms with E-state index in [1.54, 1.807) is 19.1 Å². The number of hydrogen-bond acceptors (Lipinski definition) is 6. The number of nitrogen functional groups attached to an aromatic ring is 1. The highest BCUT2D eigenvalue weighted by molar-refractivity contribution is 9.10. The van der Waals surface area contributed by atoms with Crippen LogP contribution in [0.25, 0.3) is 0 Å². The predicted molar refractivity (Wildman–Crippen MR) is 72.8 cm³/mol. The van der Waals surface area contributed by atoms with Crippen LogP contribution >= 0.6 is 15.9 Å². The van der Waals surface area contributed by atoms with E-state index in [9.17, 15) is 4.39 Å². The van der Waals surface area contributed by atoms with Crippen molar-refractivity contribution in [3.05, 3.63) is 28.5 Å². The van der Waals surface area contributed by atoms with Crippen molar-refractivity contribution >= 4 is 33.5 Å². The third-order valence-corrected chi connectivity index (χ3v) is 2.77. The van der Waals surface area contributed by atoms with Gasteiger partial charge in [0.15, 0.2) is 0 Å².